The molecular weight excluding hydrogens is 369 g/mol. The predicted octanol–water partition coefficient (Wildman–Crippen LogP) is 5.24. The van der Waals surface area contributed by atoms with E-state index in [4.69, 9.17) is 27.9 Å². The third-order valence-corrected chi connectivity index (χ3v) is 4.98. The van der Waals surface area contributed by atoms with E-state index >= 15 is 0 Å². The first-order chi connectivity index (χ1) is 11.5. The first-order valence-corrected chi connectivity index (χ1v) is 8.44. The lowest BCUT2D eigenvalue weighted by atomic mass is 10.2. The van der Waals surface area contributed by atoms with Gasteiger partial charge in [0.1, 0.15) is 5.75 Å². The molecule has 1 fully saturated rings. The molecule has 3 rings (SSSR count). The summed E-state index contributed by atoms with van der Waals surface area (Å²) < 4.78 is 5.09. The maximum atomic E-state index is 12.6. The van der Waals surface area contributed by atoms with Crippen LogP contribution in [0.3, 0.4) is 0 Å². The van der Waals surface area contributed by atoms with Crippen molar-refractivity contribution in [2.75, 3.05) is 12.0 Å². The van der Waals surface area contributed by atoms with Gasteiger partial charge >= 0.3 is 0 Å². The van der Waals surface area contributed by atoms with Crippen molar-refractivity contribution in [3.8, 4) is 5.75 Å². The topological polar surface area (TPSA) is 46.6 Å². The van der Waals surface area contributed by atoms with Gasteiger partial charge in [-0.2, -0.15) is 0 Å². The van der Waals surface area contributed by atoms with Crippen molar-refractivity contribution in [3.05, 3.63) is 63.0 Å². The molecule has 0 unspecified atom stereocenters. The average molecular weight is 380 g/mol. The molecule has 2 aromatic rings. The van der Waals surface area contributed by atoms with Crippen LogP contribution in [0.15, 0.2) is 47.4 Å². The van der Waals surface area contributed by atoms with Crippen molar-refractivity contribution < 1.29 is 14.3 Å². The van der Waals surface area contributed by atoms with Crippen LogP contribution in [-0.4, -0.2) is 18.3 Å². The zero-order chi connectivity index (χ0) is 17.3. The average Bonchev–Trinajstić information content (AvgIpc) is 2.85. The summed E-state index contributed by atoms with van der Waals surface area (Å²) in [7, 11) is 1.58. The van der Waals surface area contributed by atoms with Crippen molar-refractivity contribution in [2.45, 2.75) is 0 Å². The number of hydrogen-bond donors (Lipinski definition) is 0. The summed E-state index contributed by atoms with van der Waals surface area (Å²) >= 11 is 12.7. The number of carbonyl (C=O) groups is 2. The Bertz CT molecular complexity index is 849. The van der Waals surface area contributed by atoms with Gasteiger partial charge in [0.15, 0.2) is 0 Å². The van der Waals surface area contributed by atoms with Gasteiger partial charge in [0.2, 0.25) is 0 Å². The molecule has 0 aliphatic carbocycles. The molecule has 24 heavy (non-hydrogen) atoms. The van der Waals surface area contributed by atoms with Crippen molar-refractivity contribution >= 4 is 57.9 Å². The second-order valence-corrected chi connectivity index (χ2v) is 6.70. The Morgan fingerprint density at radius 2 is 1.75 bits per heavy atom. The predicted molar refractivity (Wildman–Crippen MR) is 97.9 cm³/mol. The summed E-state index contributed by atoms with van der Waals surface area (Å²) in [4.78, 5) is 26.2. The van der Waals surface area contributed by atoms with Crippen LogP contribution in [0.4, 0.5) is 10.5 Å². The van der Waals surface area contributed by atoms with Gasteiger partial charge < -0.3 is 4.74 Å². The van der Waals surface area contributed by atoms with Crippen LogP contribution in [-0.2, 0) is 4.79 Å². The highest BCUT2D eigenvalue weighted by molar-refractivity contribution is 8.19. The van der Waals surface area contributed by atoms with Crippen molar-refractivity contribution in [1.29, 1.82) is 0 Å². The largest absolute Gasteiger partial charge is 0.497 e. The smallest absolute Gasteiger partial charge is 0.298 e. The number of methoxy groups -OCH3 is 1. The molecule has 0 spiro atoms. The molecule has 1 aliphatic heterocycles. The summed E-state index contributed by atoms with van der Waals surface area (Å²) in [6.07, 6.45) is 1.67. The molecule has 0 radical (unpaired) electrons. The Kier molecular flexibility index (Phi) is 4.85. The molecule has 0 N–H and O–H groups in total. The fourth-order valence-electron chi connectivity index (χ4n) is 2.17. The number of nitrogens with zero attached hydrogens (tertiary/aromatic N) is 1. The van der Waals surface area contributed by atoms with Crippen molar-refractivity contribution in [1.82, 2.24) is 0 Å². The number of thioether (sulfide) groups is 1. The van der Waals surface area contributed by atoms with Gasteiger partial charge in [-0.15, -0.1) is 0 Å². The summed E-state index contributed by atoms with van der Waals surface area (Å²) in [6, 6.07) is 11.8. The fraction of sp³-hybridized carbons (Fsp3) is 0.0588. The third kappa shape index (κ3) is 3.29. The number of anilines is 1. The van der Waals surface area contributed by atoms with Crippen LogP contribution in [0.5, 0.6) is 5.75 Å². The highest BCUT2D eigenvalue weighted by Crippen LogP contribution is 2.37. The molecule has 2 amide bonds. The summed E-state index contributed by atoms with van der Waals surface area (Å²) in [5.41, 5.74) is 1.19. The third-order valence-electron chi connectivity index (χ3n) is 3.37. The van der Waals surface area contributed by atoms with Gasteiger partial charge in [-0.3, -0.25) is 9.59 Å². The van der Waals surface area contributed by atoms with Crippen LogP contribution in [0, 0.1) is 0 Å². The zero-order valence-corrected chi connectivity index (χ0v) is 14.8. The molecule has 2 aromatic carbocycles. The van der Waals surface area contributed by atoms with Crippen LogP contribution in [0.1, 0.15) is 5.56 Å². The molecule has 1 saturated heterocycles. The number of imide groups is 1. The molecule has 1 aliphatic rings. The Labute approximate surface area is 153 Å². The fourth-order valence-corrected chi connectivity index (χ4v) is 3.30. The van der Waals surface area contributed by atoms with E-state index in [9.17, 15) is 9.59 Å². The highest BCUT2D eigenvalue weighted by atomic mass is 35.5. The van der Waals surface area contributed by atoms with Gasteiger partial charge in [0.05, 0.1) is 27.7 Å². The van der Waals surface area contributed by atoms with Gasteiger partial charge in [0.25, 0.3) is 11.1 Å². The molecule has 1 heterocycles. The lowest BCUT2D eigenvalue weighted by molar-refractivity contribution is -0.113. The molecule has 122 valence electrons. The SMILES string of the molecule is COc1ccc(/C=C2\SC(=O)N(c3ccc(Cl)c(Cl)c3)C2=O)cc1. The molecule has 7 heteroatoms. The minimum Gasteiger partial charge on any atom is -0.497 e. The van der Waals surface area contributed by atoms with E-state index in [-0.39, 0.29) is 16.2 Å². The first kappa shape index (κ1) is 16.9. The van der Waals surface area contributed by atoms with Gasteiger partial charge in [-0.1, -0.05) is 35.3 Å². The number of halogens is 2. The van der Waals surface area contributed by atoms with E-state index in [2.05, 4.69) is 0 Å². The van der Waals surface area contributed by atoms with Gasteiger partial charge in [0, 0.05) is 0 Å². The number of rotatable bonds is 3. The van der Waals surface area contributed by atoms with Crippen molar-refractivity contribution in [2.24, 2.45) is 0 Å². The Balaban J connectivity index is 1.90. The summed E-state index contributed by atoms with van der Waals surface area (Å²) in [5, 5.41) is 0.270. The number of carbonyl (C=O) groups excluding carboxylic acids is 2. The van der Waals surface area contributed by atoms with Crippen molar-refractivity contribution in [3.63, 3.8) is 0 Å². The molecule has 0 atom stereocenters. The number of ether oxygens (including phenoxy) is 1. The first-order valence-electron chi connectivity index (χ1n) is 6.86. The molecular formula is C17H11Cl2NO3S. The number of benzene rings is 2. The van der Waals surface area contributed by atoms with Crippen LogP contribution in [0.25, 0.3) is 6.08 Å². The monoisotopic (exact) mass is 379 g/mol. The Morgan fingerprint density at radius 1 is 1.04 bits per heavy atom. The number of hydrogen-bond acceptors (Lipinski definition) is 4. The quantitative estimate of drug-likeness (QED) is 0.683. The highest BCUT2D eigenvalue weighted by Gasteiger charge is 2.36. The minimum atomic E-state index is -0.390. The lowest BCUT2D eigenvalue weighted by Crippen LogP contribution is -2.27. The van der Waals surface area contributed by atoms with E-state index in [0.29, 0.717) is 15.6 Å². The van der Waals surface area contributed by atoms with E-state index in [0.717, 1.165) is 28.0 Å². The Morgan fingerprint density at radius 3 is 2.38 bits per heavy atom. The molecule has 4 nitrogen and oxygen atoms in total. The van der Waals surface area contributed by atoms with E-state index < -0.39 is 0 Å². The zero-order valence-electron chi connectivity index (χ0n) is 12.5. The normalized spacial score (nSPS) is 16.1. The molecule has 0 bridgehead atoms. The van der Waals surface area contributed by atoms with Crippen LogP contribution < -0.4 is 9.64 Å². The maximum absolute atomic E-state index is 12.6. The van der Waals surface area contributed by atoms with Crippen LogP contribution >= 0.6 is 35.0 Å². The van der Waals surface area contributed by atoms with E-state index in [1.165, 1.54) is 6.07 Å². The molecule has 0 aromatic heterocycles. The van der Waals surface area contributed by atoms with E-state index in [1.807, 2.05) is 12.1 Å². The standard InChI is InChI=1S/C17H11Cl2NO3S/c1-23-12-5-2-10(3-6-12)8-15-16(21)20(17(22)24-15)11-4-7-13(18)14(19)9-11/h2-9H,1H3/b15-8-. The summed E-state index contributed by atoms with van der Waals surface area (Å²) in [5.74, 6) is 0.329. The van der Waals surface area contributed by atoms with Gasteiger partial charge in [-0.25, -0.2) is 4.90 Å². The maximum Gasteiger partial charge on any atom is 0.298 e. The minimum absolute atomic E-state index is 0.285. The molecule has 0 saturated carbocycles. The second-order valence-electron chi connectivity index (χ2n) is 4.89. The van der Waals surface area contributed by atoms with E-state index in [1.54, 1.807) is 37.5 Å². The lowest BCUT2D eigenvalue weighted by Gasteiger charge is -2.13. The second kappa shape index (κ2) is 6.89. The Hall–Kier alpha value is -1.95. The number of amides is 2. The summed E-state index contributed by atoms with van der Waals surface area (Å²) in [6.45, 7) is 0. The van der Waals surface area contributed by atoms with Gasteiger partial charge in [-0.05, 0) is 53.7 Å². The van der Waals surface area contributed by atoms with Crippen LogP contribution in [0.2, 0.25) is 10.0 Å².